The molecule has 9 atom stereocenters. The van der Waals surface area contributed by atoms with Crippen molar-refractivity contribution in [3.63, 3.8) is 0 Å². The molecule has 0 radical (unpaired) electrons. The second kappa shape index (κ2) is 14.3. The van der Waals surface area contributed by atoms with Gasteiger partial charge in [-0.2, -0.15) is 0 Å². The molecule has 5 aliphatic heterocycles. The third-order valence-corrected chi connectivity index (χ3v) is 9.55. The molecule has 278 valence electrons. The number of quaternary nitrogens is 1. The molecule has 18 heteroatoms. The van der Waals surface area contributed by atoms with Gasteiger partial charge in [-0.3, -0.25) is 14.7 Å². The minimum absolute atomic E-state index is 0.150. The van der Waals surface area contributed by atoms with Gasteiger partial charge in [0, 0.05) is 29.0 Å². The molecule has 0 saturated carbocycles. The number of aliphatic imine (C=N–C) groups is 1. The Bertz CT molecular complexity index is 1830. The summed E-state index contributed by atoms with van der Waals surface area (Å²) in [5, 5.41) is 52.8. The van der Waals surface area contributed by atoms with Crippen molar-refractivity contribution in [1.29, 1.82) is 0 Å². The first-order valence-electron chi connectivity index (χ1n) is 16.4. The molecule has 1 saturated heterocycles. The number of hydrogen-bond donors (Lipinski definition) is 7. The number of methoxy groups -OCH3 is 1. The third-order valence-electron chi connectivity index (χ3n) is 9.55. The topological polar surface area (TPSA) is 272 Å². The summed E-state index contributed by atoms with van der Waals surface area (Å²) in [5.41, 5.74) is 15.9. The molecule has 7 rings (SSSR count). The van der Waals surface area contributed by atoms with E-state index in [0.717, 1.165) is 32.9 Å². The zero-order valence-corrected chi connectivity index (χ0v) is 27.7. The number of nitrogens with zero attached hydrogens (tertiary/aromatic N) is 1. The highest BCUT2D eigenvalue weighted by Gasteiger charge is 2.51. The van der Waals surface area contributed by atoms with Crippen LogP contribution in [-0.2, 0) is 25.6 Å². The molecule has 2 aromatic carbocycles. The highest BCUT2D eigenvalue weighted by molar-refractivity contribution is 6.06. The highest BCUT2D eigenvalue weighted by Crippen LogP contribution is 2.57. The predicted molar refractivity (Wildman–Crippen MR) is 172 cm³/mol. The van der Waals surface area contributed by atoms with Gasteiger partial charge in [0.15, 0.2) is 24.4 Å². The van der Waals surface area contributed by atoms with Crippen molar-refractivity contribution in [2.24, 2.45) is 16.5 Å². The maximum atomic E-state index is 12.1. The molecule has 9 N–H and O–H groups in total. The molecule has 18 nitrogen and oxygen atoms in total. The second-order valence-electron chi connectivity index (χ2n) is 12.9. The molecular weight excluding hydrogens is 688 g/mol. The Morgan fingerprint density at radius 3 is 2.67 bits per heavy atom. The van der Waals surface area contributed by atoms with Gasteiger partial charge >= 0.3 is 5.97 Å². The number of carbonyl (C=O) groups is 2. The molecule has 5 aliphatic rings. The largest absolute Gasteiger partial charge is 0.550 e. The number of aliphatic hydroxyl groups excluding tert-OH is 4. The van der Waals surface area contributed by atoms with Gasteiger partial charge in [0.05, 0.1) is 43.8 Å². The number of rotatable bonds is 12. The number of ether oxygens (including phenoxy) is 7. The van der Waals surface area contributed by atoms with E-state index in [-0.39, 0.29) is 18.3 Å². The van der Waals surface area contributed by atoms with E-state index in [1.165, 1.54) is 7.11 Å². The van der Waals surface area contributed by atoms with Crippen molar-refractivity contribution in [3.05, 3.63) is 65.0 Å². The monoisotopic (exact) mass is 726 g/mol. The lowest BCUT2D eigenvalue weighted by molar-refractivity contribution is -0.848. The molecule has 0 aromatic heterocycles. The Kier molecular flexibility index (Phi) is 9.81. The SMILES string of the molecule is COc1c(OCO)ccc2c1O[C@@H]1c3c(C[NH+]4C=C5C=CN=C5C4)cc(O[C@H]4O[C@H]([C@H](OC(=O)CC(=O)[O-])C(N)N)[C@@H](O)[C@H](O)[C@H]4O)cc3OC[C@@H]21. The van der Waals surface area contributed by atoms with Gasteiger partial charge in [-0.05, 0) is 18.2 Å². The van der Waals surface area contributed by atoms with Crippen molar-refractivity contribution in [2.75, 3.05) is 27.1 Å². The minimum atomic E-state index is -1.88. The number of esters is 1. The maximum absolute atomic E-state index is 12.1. The van der Waals surface area contributed by atoms with Crippen LogP contribution in [0.25, 0.3) is 0 Å². The van der Waals surface area contributed by atoms with Gasteiger partial charge in [-0.1, -0.05) is 6.07 Å². The lowest BCUT2D eigenvalue weighted by Gasteiger charge is -2.43. The predicted octanol–water partition coefficient (Wildman–Crippen LogP) is -3.63. The summed E-state index contributed by atoms with van der Waals surface area (Å²) in [6, 6.07) is 6.84. The number of hydrogen-bond acceptors (Lipinski definition) is 17. The lowest BCUT2D eigenvalue weighted by atomic mass is 9.86. The van der Waals surface area contributed by atoms with Gasteiger partial charge in [0.25, 0.3) is 0 Å². The lowest BCUT2D eigenvalue weighted by Crippen LogP contribution is -3.05. The van der Waals surface area contributed by atoms with Crippen LogP contribution in [0.3, 0.4) is 0 Å². The number of nitrogens with two attached hydrogens (primary N) is 2. The van der Waals surface area contributed by atoms with Gasteiger partial charge in [0.1, 0.15) is 67.0 Å². The summed E-state index contributed by atoms with van der Waals surface area (Å²) < 4.78 is 40.9. The number of carbonyl (C=O) groups excluding carboxylic acids is 2. The van der Waals surface area contributed by atoms with Crippen LogP contribution in [0.1, 0.15) is 35.1 Å². The van der Waals surface area contributed by atoms with E-state index in [4.69, 9.17) is 44.6 Å². The number of aliphatic carboxylic acids is 1. The molecule has 0 spiro atoms. The quantitative estimate of drug-likeness (QED) is 0.0632. The maximum Gasteiger partial charge on any atom is 0.311 e. The smallest absolute Gasteiger partial charge is 0.311 e. The van der Waals surface area contributed by atoms with Crippen molar-refractivity contribution < 1.29 is 73.2 Å². The average Bonchev–Trinajstić information content (AvgIpc) is 3.81. The number of fused-ring (bicyclic) bond motifs is 6. The van der Waals surface area contributed by atoms with Crippen molar-refractivity contribution in [2.45, 2.75) is 68.0 Å². The van der Waals surface area contributed by atoms with E-state index in [9.17, 15) is 35.1 Å². The average molecular weight is 727 g/mol. The van der Waals surface area contributed by atoms with E-state index in [1.807, 2.05) is 12.1 Å². The molecule has 1 fully saturated rings. The van der Waals surface area contributed by atoms with Crippen molar-refractivity contribution >= 4 is 17.7 Å². The summed E-state index contributed by atoms with van der Waals surface area (Å²) in [5.74, 6) is -1.57. The number of carboxylic acids is 1. The Hall–Kier alpha value is -4.79. The molecule has 2 aromatic rings. The molecular formula is C34H38N4O14. The molecule has 5 heterocycles. The summed E-state index contributed by atoms with van der Waals surface area (Å²) in [6.07, 6.45) is -7.92. The number of nitrogens with one attached hydrogen (secondary N) is 1. The Balaban J connectivity index is 1.21. The third kappa shape index (κ3) is 6.54. The molecule has 0 amide bonds. The van der Waals surface area contributed by atoms with Crippen LogP contribution in [0, 0.1) is 0 Å². The summed E-state index contributed by atoms with van der Waals surface area (Å²) in [7, 11) is 1.48. The summed E-state index contributed by atoms with van der Waals surface area (Å²) in [4.78, 5) is 28.6. The van der Waals surface area contributed by atoms with Crippen LogP contribution in [0.4, 0.5) is 0 Å². The Morgan fingerprint density at radius 1 is 1.15 bits per heavy atom. The van der Waals surface area contributed by atoms with Crippen LogP contribution in [0.2, 0.25) is 0 Å². The summed E-state index contributed by atoms with van der Waals surface area (Å²) >= 11 is 0. The van der Waals surface area contributed by atoms with Gasteiger partial charge < -0.3 is 75.0 Å². The standard InChI is InChI=1S/C34H38N4O14/c1-46-30-20(48-13-39)3-2-17-18-12-47-21-7-16(6-15(24(21)28(18)51-29(17)30)10-38-9-14-4-5-37-19(14)11-38)49-34-27(45)25(43)26(44)31(52-34)32(33(35)36)50-23(42)8-22(40)41/h2-7,9,18,25-28,31-34,39,43-45H,8,10-13,35-36H2,1H3,(H,40,41)/t18-,25-,26-,27+,28-,31-,32-,34-/m0/s1. The first-order valence-corrected chi connectivity index (χ1v) is 16.4. The minimum Gasteiger partial charge on any atom is -0.550 e. The first kappa shape index (κ1) is 35.6. The number of benzene rings is 2. The first-order chi connectivity index (χ1) is 25.0. The van der Waals surface area contributed by atoms with Crippen LogP contribution in [-0.4, -0.2) is 108 Å². The molecule has 0 bridgehead atoms. The van der Waals surface area contributed by atoms with Crippen LogP contribution in [0.15, 0.2) is 53.3 Å². The Morgan fingerprint density at radius 2 is 1.96 bits per heavy atom. The summed E-state index contributed by atoms with van der Waals surface area (Å²) in [6.45, 7) is 0.692. The van der Waals surface area contributed by atoms with E-state index in [1.54, 1.807) is 24.4 Å². The second-order valence-corrected chi connectivity index (χ2v) is 12.9. The number of aliphatic hydroxyl groups is 4. The van der Waals surface area contributed by atoms with E-state index in [0.29, 0.717) is 36.1 Å². The fourth-order valence-corrected chi connectivity index (χ4v) is 7.21. The van der Waals surface area contributed by atoms with Crippen LogP contribution >= 0.6 is 0 Å². The van der Waals surface area contributed by atoms with Gasteiger partial charge in [-0.25, -0.2) is 0 Å². The van der Waals surface area contributed by atoms with Crippen molar-refractivity contribution in [3.8, 4) is 28.7 Å². The van der Waals surface area contributed by atoms with E-state index < -0.39 is 74.2 Å². The van der Waals surface area contributed by atoms with Crippen molar-refractivity contribution in [1.82, 2.24) is 0 Å². The fourth-order valence-electron chi connectivity index (χ4n) is 7.21. The molecule has 1 unspecified atom stereocenters. The Labute approximate surface area is 296 Å². The number of carboxylic acid groups (broad SMARTS) is 1. The zero-order valence-electron chi connectivity index (χ0n) is 27.7. The highest BCUT2D eigenvalue weighted by atomic mass is 16.7. The van der Waals surface area contributed by atoms with Gasteiger partial charge in [-0.15, -0.1) is 0 Å². The normalized spacial score (nSPS) is 28.7. The van der Waals surface area contributed by atoms with Crippen LogP contribution < -0.4 is 45.2 Å². The van der Waals surface area contributed by atoms with E-state index >= 15 is 0 Å². The van der Waals surface area contributed by atoms with Gasteiger partial charge in [0.2, 0.25) is 12.0 Å². The molecule has 52 heavy (non-hydrogen) atoms. The van der Waals surface area contributed by atoms with E-state index in [2.05, 4.69) is 11.2 Å². The fraction of sp³-hybridized carbons (Fsp3) is 0.441. The number of allylic oxidation sites excluding steroid dienone is 1. The van der Waals surface area contributed by atoms with Crippen LogP contribution in [0.5, 0.6) is 28.7 Å². The molecule has 0 aliphatic carbocycles. The zero-order chi connectivity index (χ0) is 36.8.